The maximum Gasteiger partial charge on any atom is 0.224 e. The molecule has 0 amide bonds. The minimum atomic E-state index is 0.516. The second-order valence-electron chi connectivity index (χ2n) is 4.30. The number of hydrogen-bond acceptors (Lipinski definition) is 5. The van der Waals surface area contributed by atoms with E-state index in [-0.39, 0.29) is 0 Å². The van der Waals surface area contributed by atoms with Crippen LogP contribution in [0.15, 0.2) is 12.3 Å². The Bertz CT molecular complexity index is 326. The minimum Gasteiger partial charge on any atom is -0.373 e. The summed E-state index contributed by atoms with van der Waals surface area (Å²) < 4.78 is 0. The van der Waals surface area contributed by atoms with E-state index in [2.05, 4.69) is 46.5 Å². The highest BCUT2D eigenvalue weighted by atomic mass is 15.2. The first-order chi connectivity index (χ1) is 8.17. The summed E-state index contributed by atoms with van der Waals surface area (Å²) in [6.45, 7) is 3.07. The van der Waals surface area contributed by atoms with E-state index in [0.29, 0.717) is 12.0 Å². The highest BCUT2D eigenvalue weighted by Gasteiger charge is 2.10. The number of nitrogens with one attached hydrogen (secondary N) is 2. The van der Waals surface area contributed by atoms with Crippen LogP contribution in [0.1, 0.15) is 19.8 Å². The molecule has 0 fully saturated rings. The Balaban J connectivity index is 2.52. The van der Waals surface area contributed by atoms with Crippen LogP contribution >= 0.6 is 0 Å². The molecule has 0 radical (unpaired) electrons. The molecule has 0 aliphatic carbocycles. The van der Waals surface area contributed by atoms with Gasteiger partial charge in [0.1, 0.15) is 5.82 Å². The van der Waals surface area contributed by atoms with Crippen molar-refractivity contribution in [3.63, 3.8) is 0 Å². The lowest BCUT2D eigenvalue weighted by Gasteiger charge is -2.24. The zero-order valence-corrected chi connectivity index (χ0v) is 11.2. The fourth-order valence-electron chi connectivity index (χ4n) is 1.67. The van der Waals surface area contributed by atoms with Crippen molar-refractivity contribution in [2.24, 2.45) is 0 Å². The van der Waals surface area contributed by atoms with Crippen molar-refractivity contribution < 1.29 is 0 Å². The topological polar surface area (TPSA) is 53.1 Å². The largest absolute Gasteiger partial charge is 0.373 e. The SMILES string of the molecule is CCC[C@@H](CNc1nccc(NC)n1)N(C)C. The summed E-state index contributed by atoms with van der Waals surface area (Å²) in [7, 11) is 6.06. The Hall–Kier alpha value is -1.36. The highest BCUT2D eigenvalue weighted by Crippen LogP contribution is 2.07. The molecule has 1 heterocycles. The van der Waals surface area contributed by atoms with Gasteiger partial charge in [0, 0.05) is 25.8 Å². The monoisotopic (exact) mass is 237 g/mol. The third-order valence-electron chi connectivity index (χ3n) is 2.76. The Morgan fingerprint density at radius 1 is 1.41 bits per heavy atom. The summed E-state index contributed by atoms with van der Waals surface area (Å²) in [6.07, 6.45) is 4.11. The second-order valence-corrected chi connectivity index (χ2v) is 4.30. The molecule has 0 bridgehead atoms. The van der Waals surface area contributed by atoms with Crippen molar-refractivity contribution in [3.8, 4) is 0 Å². The Morgan fingerprint density at radius 3 is 2.76 bits per heavy atom. The molecule has 17 heavy (non-hydrogen) atoms. The van der Waals surface area contributed by atoms with Gasteiger partial charge in [0.15, 0.2) is 0 Å². The molecular formula is C12H23N5. The molecule has 0 aliphatic rings. The van der Waals surface area contributed by atoms with Crippen LogP contribution in [0, 0.1) is 0 Å². The molecule has 5 heteroatoms. The van der Waals surface area contributed by atoms with E-state index in [1.54, 1.807) is 6.20 Å². The molecule has 0 saturated carbocycles. The van der Waals surface area contributed by atoms with Gasteiger partial charge in [-0.05, 0) is 26.6 Å². The summed E-state index contributed by atoms with van der Waals surface area (Å²) in [5.41, 5.74) is 0. The average Bonchev–Trinajstić information content (AvgIpc) is 2.34. The molecule has 2 N–H and O–H groups in total. The molecule has 0 aromatic carbocycles. The zero-order valence-electron chi connectivity index (χ0n) is 11.2. The van der Waals surface area contributed by atoms with Gasteiger partial charge in [-0.15, -0.1) is 0 Å². The lowest BCUT2D eigenvalue weighted by atomic mass is 10.1. The van der Waals surface area contributed by atoms with Crippen LogP contribution in [0.3, 0.4) is 0 Å². The lowest BCUT2D eigenvalue weighted by Crippen LogP contribution is -2.34. The summed E-state index contributed by atoms with van der Waals surface area (Å²) in [5.74, 6) is 1.51. The predicted octanol–water partition coefficient (Wildman–Crippen LogP) is 1.66. The van der Waals surface area contributed by atoms with Crippen molar-refractivity contribution in [1.29, 1.82) is 0 Å². The van der Waals surface area contributed by atoms with E-state index in [1.807, 2.05) is 13.1 Å². The van der Waals surface area contributed by atoms with Crippen molar-refractivity contribution in [2.75, 3.05) is 38.3 Å². The number of aromatic nitrogens is 2. The van der Waals surface area contributed by atoms with Crippen LogP contribution in [0.25, 0.3) is 0 Å². The molecule has 0 unspecified atom stereocenters. The molecule has 1 aromatic rings. The normalized spacial score (nSPS) is 12.5. The van der Waals surface area contributed by atoms with Gasteiger partial charge in [0.2, 0.25) is 5.95 Å². The number of likely N-dealkylation sites (N-methyl/N-ethyl adjacent to an activating group) is 1. The van der Waals surface area contributed by atoms with E-state index in [4.69, 9.17) is 0 Å². The fraction of sp³-hybridized carbons (Fsp3) is 0.667. The van der Waals surface area contributed by atoms with E-state index in [1.165, 1.54) is 12.8 Å². The van der Waals surface area contributed by atoms with Crippen molar-refractivity contribution >= 4 is 11.8 Å². The van der Waals surface area contributed by atoms with Crippen molar-refractivity contribution in [2.45, 2.75) is 25.8 Å². The first kappa shape index (κ1) is 13.7. The smallest absolute Gasteiger partial charge is 0.224 e. The van der Waals surface area contributed by atoms with Crippen molar-refractivity contribution in [1.82, 2.24) is 14.9 Å². The van der Waals surface area contributed by atoms with Gasteiger partial charge in [0.05, 0.1) is 0 Å². The van der Waals surface area contributed by atoms with Gasteiger partial charge in [0.25, 0.3) is 0 Å². The Labute approximate surface area is 104 Å². The summed E-state index contributed by atoms with van der Waals surface area (Å²) in [6, 6.07) is 2.36. The number of rotatable bonds is 7. The summed E-state index contributed by atoms with van der Waals surface area (Å²) >= 11 is 0. The molecule has 0 aliphatic heterocycles. The van der Waals surface area contributed by atoms with Gasteiger partial charge in [-0.1, -0.05) is 13.3 Å². The number of anilines is 2. The fourth-order valence-corrected chi connectivity index (χ4v) is 1.67. The molecule has 1 aromatic heterocycles. The molecule has 1 atom stereocenters. The minimum absolute atomic E-state index is 0.516. The zero-order chi connectivity index (χ0) is 12.7. The number of hydrogen-bond donors (Lipinski definition) is 2. The van der Waals surface area contributed by atoms with Crippen molar-refractivity contribution in [3.05, 3.63) is 12.3 Å². The van der Waals surface area contributed by atoms with E-state index in [9.17, 15) is 0 Å². The molecule has 0 saturated heterocycles. The van der Waals surface area contributed by atoms with Crippen LogP contribution in [0.4, 0.5) is 11.8 Å². The molecule has 96 valence electrons. The number of nitrogens with zero attached hydrogens (tertiary/aromatic N) is 3. The second kappa shape index (κ2) is 7.06. The van der Waals surface area contributed by atoms with E-state index >= 15 is 0 Å². The lowest BCUT2D eigenvalue weighted by molar-refractivity contribution is 0.288. The Kier molecular flexibility index (Phi) is 5.69. The first-order valence-electron chi connectivity index (χ1n) is 6.08. The maximum atomic E-state index is 4.33. The maximum absolute atomic E-state index is 4.33. The van der Waals surface area contributed by atoms with Gasteiger partial charge in [-0.25, -0.2) is 4.98 Å². The van der Waals surface area contributed by atoms with Gasteiger partial charge >= 0.3 is 0 Å². The van der Waals surface area contributed by atoms with Gasteiger partial charge in [-0.3, -0.25) is 0 Å². The third-order valence-corrected chi connectivity index (χ3v) is 2.76. The highest BCUT2D eigenvalue weighted by molar-refractivity contribution is 5.38. The van der Waals surface area contributed by atoms with E-state index in [0.717, 1.165) is 12.4 Å². The van der Waals surface area contributed by atoms with Crippen LogP contribution in [0.2, 0.25) is 0 Å². The molecular weight excluding hydrogens is 214 g/mol. The molecule has 5 nitrogen and oxygen atoms in total. The van der Waals surface area contributed by atoms with Crippen LogP contribution < -0.4 is 10.6 Å². The first-order valence-corrected chi connectivity index (χ1v) is 6.08. The van der Waals surface area contributed by atoms with Crippen LogP contribution in [-0.2, 0) is 0 Å². The quantitative estimate of drug-likeness (QED) is 0.755. The van der Waals surface area contributed by atoms with Gasteiger partial charge < -0.3 is 15.5 Å². The van der Waals surface area contributed by atoms with E-state index < -0.39 is 0 Å². The molecule has 0 spiro atoms. The average molecular weight is 237 g/mol. The van der Waals surface area contributed by atoms with Gasteiger partial charge in [-0.2, -0.15) is 4.98 Å². The summed E-state index contributed by atoms with van der Waals surface area (Å²) in [5, 5.41) is 6.28. The van der Waals surface area contributed by atoms with Crippen LogP contribution in [-0.4, -0.2) is 48.6 Å². The van der Waals surface area contributed by atoms with Crippen LogP contribution in [0.5, 0.6) is 0 Å². The Morgan fingerprint density at radius 2 is 2.18 bits per heavy atom. The summed E-state index contributed by atoms with van der Waals surface area (Å²) in [4.78, 5) is 10.8. The predicted molar refractivity (Wildman–Crippen MR) is 72.5 cm³/mol. The standard InChI is InChI=1S/C12H23N5/c1-5-6-10(17(3)4)9-15-12-14-8-7-11(13-2)16-12/h7-8,10H,5-6,9H2,1-4H3,(H2,13,14,15,16)/t10-/m0/s1. The molecule has 1 rings (SSSR count). The third kappa shape index (κ3) is 4.56.